The van der Waals surface area contributed by atoms with Crippen molar-refractivity contribution in [2.24, 2.45) is 5.73 Å². The Kier molecular flexibility index (Phi) is 6.22. The van der Waals surface area contributed by atoms with Crippen molar-refractivity contribution in [3.05, 3.63) is 34.3 Å². The highest BCUT2D eigenvalue weighted by Gasteiger charge is 2.13. The fraction of sp³-hybridized carbons (Fsp3) is 0.462. The van der Waals surface area contributed by atoms with E-state index in [4.69, 9.17) is 10.5 Å². The van der Waals surface area contributed by atoms with Crippen molar-refractivity contribution in [3.8, 4) is 0 Å². The van der Waals surface area contributed by atoms with Gasteiger partial charge >= 0.3 is 5.97 Å². The predicted molar refractivity (Wildman–Crippen MR) is 71.7 cm³/mol. The molecule has 0 aromatic heterocycles. The molecule has 1 aromatic rings. The zero-order chi connectivity index (χ0) is 12.7. The summed E-state index contributed by atoms with van der Waals surface area (Å²) in [7, 11) is 0. The van der Waals surface area contributed by atoms with Crippen LogP contribution in [-0.2, 0) is 16.0 Å². The van der Waals surface area contributed by atoms with Crippen LogP contribution in [0.2, 0.25) is 0 Å². The molecular formula is C13H18BrNO2. The minimum absolute atomic E-state index is 0.302. The second-order valence-corrected chi connectivity index (χ2v) is 4.79. The first-order valence-electron chi connectivity index (χ1n) is 5.80. The molecule has 4 heteroatoms. The van der Waals surface area contributed by atoms with Crippen molar-refractivity contribution in [2.45, 2.75) is 32.2 Å². The van der Waals surface area contributed by atoms with Crippen LogP contribution in [0.5, 0.6) is 0 Å². The zero-order valence-corrected chi connectivity index (χ0v) is 11.6. The van der Waals surface area contributed by atoms with Gasteiger partial charge in [-0.2, -0.15) is 0 Å². The average Bonchev–Trinajstić information content (AvgIpc) is 2.32. The Balaban J connectivity index is 2.27. The van der Waals surface area contributed by atoms with E-state index in [0.717, 1.165) is 17.3 Å². The first kappa shape index (κ1) is 14.2. The summed E-state index contributed by atoms with van der Waals surface area (Å²) in [6, 6.07) is 7.67. The molecule has 0 aliphatic heterocycles. The predicted octanol–water partition coefficient (Wildman–Crippen LogP) is 2.66. The van der Waals surface area contributed by atoms with Crippen LogP contribution in [0.3, 0.4) is 0 Å². The van der Waals surface area contributed by atoms with Crippen molar-refractivity contribution in [1.82, 2.24) is 0 Å². The number of carbonyl (C=O) groups excluding carboxylic acids is 1. The Hall–Kier alpha value is -0.870. The summed E-state index contributed by atoms with van der Waals surface area (Å²) in [5, 5.41) is 0. The number of benzene rings is 1. The molecule has 0 fully saturated rings. The van der Waals surface area contributed by atoms with Crippen LogP contribution in [0.1, 0.15) is 25.3 Å². The van der Waals surface area contributed by atoms with Gasteiger partial charge in [0.2, 0.25) is 0 Å². The van der Waals surface area contributed by atoms with Gasteiger partial charge in [-0.3, -0.25) is 4.79 Å². The minimum atomic E-state index is -0.495. The fourth-order valence-electron chi connectivity index (χ4n) is 1.54. The Morgan fingerprint density at radius 1 is 1.41 bits per heavy atom. The van der Waals surface area contributed by atoms with E-state index < -0.39 is 6.04 Å². The molecule has 0 spiro atoms. The molecule has 0 saturated carbocycles. The van der Waals surface area contributed by atoms with Gasteiger partial charge in [-0.1, -0.05) is 28.1 Å². The van der Waals surface area contributed by atoms with Crippen molar-refractivity contribution < 1.29 is 9.53 Å². The van der Waals surface area contributed by atoms with Crippen LogP contribution in [0.4, 0.5) is 0 Å². The lowest BCUT2D eigenvalue weighted by molar-refractivity contribution is -0.144. The molecule has 0 heterocycles. The Morgan fingerprint density at radius 3 is 2.65 bits per heavy atom. The molecule has 2 N–H and O–H groups in total. The number of halogens is 1. The molecule has 1 aromatic carbocycles. The van der Waals surface area contributed by atoms with E-state index >= 15 is 0 Å². The third kappa shape index (κ3) is 5.33. The lowest BCUT2D eigenvalue weighted by atomic mass is 10.1. The number of hydrogen-bond acceptors (Lipinski definition) is 3. The van der Waals surface area contributed by atoms with E-state index in [1.165, 1.54) is 5.56 Å². The maximum Gasteiger partial charge on any atom is 0.322 e. The van der Waals surface area contributed by atoms with Gasteiger partial charge in [0, 0.05) is 4.47 Å². The van der Waals surface area contributed by atoms with Gasteiger partial charge in [-0.05, 0) is 43.9 Å². The van der Waals surface area contributed by atoms with E-state index in [0.29, 0.717) is 13.0 Å². The van der Waals surface area contributed by atoms with E-state index in [9.17, 15) is 4.79 Å². The van der Waals surface area contributed by atoms with Crippen molar-refractivity contribution >= 4 is 21.9 Å². The second-order valence-electron chi connectivity index (χ2n) is 3.88. The summed E-state index contributed by atoms with van der Waals surface area (Å²) in [6.45, 7) is 2.17. The molecule has 0 radical (unpaired) electrons. The molecule has 1 atom stereocenters. The quantitative estimate of drug-likeness (QED) is 0.822. The zero-order valence-electron chi connectivity index (χ0n) is 9.99. The fourth-order valence-corrected chi connectivity index (χ4v) is 1.81. The van der Waals surface area contributed by atoms with Crippen LogP contribution in [0.15, 0.2) is 28.7 Å². The van der Waals surface area contributed by atoms with Crippen LogP contribution in [-0.4, -0.2) is 18.6 Å². The number of esters is 1. The topological polar surface area (TPSA) is 52.3 Å². The summed E-state index contributed by atoms with van der Waals surface area (Å²) in [5.41, 5.74) is 6.96. The van der Waals surface area contributed by atoms with Crippen molar-refractivity contribution in [2.75, 3.05) is 6.61 Å². The van der Waals surface area contributed by atoms with E-state index in [1.54, 1.807) is 6.92 Å². The molecule has 3 nitrogen and oxygen atoms in total. The number of ether oxygens (including phenoxy) is 1. The number of hydrogen-bond donors (Lipinski definition) is 1. The highest BCUT2D eigenvalue weighted by atomic mass is 79.9. The first-order valence-corrected chi connectivity index (χ1v) is 6.59. The number of nitrogens with two attached hydrogens (primary N) is 1. The average molecular weight is 300 g/mol. The Labute approximate surface area is 110 Å². The van der Waals surface area contributed by atoms with Crippen LogP contribution < -0.4 is 5.73 Å². The normalized spacial score (nSPS) is 12.2. The van der Waals surface area contributed by atoms with Crippen LogP contribution in [0, 0.1) is 0 Å². The third-order valence-corrected chi connectivity index (χ3v) is 3.01. The monoisotopic (exact) mass is 299 g/mol. The van der Waals surface area contributed by atoms with Gasteiger partial charge in [0.1, 0.15) is 6.04 Å². The minimum Gasteiger partial charge on any atom is -0.465 e. The van der Waals surface area contributed by atoms with Crippen molar-refractivity contribution in [1.29, 1.82) is 0 Å². The smallest absolute Gasteiger partial charge is 0.322 e. The lowest BCUT2D eigenvalue weighted by Crippen LogP contribution is -2.32. The number of rotatable bonds is 6. The number of aryl methyl sites for hydroxylation is 1. The van der Waals surface area contributed by atoms with Gasteiger partial charge in [-0.25, -0.2) is 0 Å². The number of carbonyl (C=O) groups is 1. The summed E-state index contributed by atoms with van der Waals surface area (Å²) >= 11 is 3.39. The molecule has 17 heavy (non-hydrogen) atoms. The summed E-state index contributed by atoms with van der Waals surface area (Å²) < 4.78 is 5.93. The van der Waals surface area contributed by atoms with Gasteiger partial charge in [0.15, 0.2) is 0 Å². The van der Waals surface area contributed by atoms with Crippen LogP contribution in [0.25, 0.3) is 0 Å². The Bertz CT molecular complexity index is 351. The van der Waals surface area contributed by atoms with Crippen molar-refractivity contribution in [3.63, 3.8) is 0 Å². The standard InChI is InChI=1S/C13H18BrNO2/c1-2-17-13(16)12(15)5-3-4-10-6-8-11(14)9-7-10/h6-9,12H,2-5,15H2,1H3. The van der Waals surface area contributed by atoms with E-state index in [2.05, 4.69) is 28.1 Å². The first-order chi connectivity index (χ1) is 8.13. The van der Waals surface area contributed by atoms with Gasteiger partial charge in [0.05, 0.1) is 6.61 Å². The maximum atomic E-state index is 11.3. The Morgan fingerprint density at radius 2 is 2.06 bits per heavy atom. The molecule has 0 amide bonds. The van der Waals surface area contributed by atoms with Gasteiger partial charge in [0.25, 0.3) is 0 Å². The lowest BCUT2D eigenvalue weighted by Gasteiger charge is -2.10. The summed E-state index contributed by atoms with van der Waals surface area (Å²) in [5.74, 6) is -0.302. The largest absolute Gasteiger partial charge is 0.465 e. The SMILES string of the molecule is CCOC(=O)C(N)CCCc1ccc(Br)cc1. The molecule has 0 bridgehead atoms. The maximum absolute atomic E-state index is 11.3. The molecular weight excluding hydrogens is 282 g/mol. The molecule has 94 valence electrons. The highest BCUT2D eigenvalue weighted by Crippen LogP contribution is 2.12. The van der Waals surface area contributed by atoms with E-state index in [-0.39, 0.29) is 5.97 Å². The third-order valence-electron chi connectivity index (χ3n) is 2.48. The summed E-state index contributed by atoms with van der Waals surface area (Å²) in [4.78, 5) is 11.3. The van der Waals surface area contributed by atoms with E-state index in [1.807, 2.05) is 12.1 Å². The second kappa shape index (κ2) is 7.45. The highest BCUT2D eigenvalue weighted by molar-refractivity contribution is 9.10. The molecule has 0 aliphatic rings. The van der Waals surface area contributed by atoms with Crippen LogP contribution >= 0.6 is 15.9 Å². The molecule has 1 rings (SSSR count). The van der Waals surface area contributed by atoms with Gasteiger partial charge < -0.3 is 10.5 Å². The molecule has 0 aliphatic carbocycles. The molecule has 1 unspecified atom stereocenters. The molecule has 0 saturated heterocycles. The van der Waals surface area contributed by atoms with Gasteiger partial charge in [-0.15, -0.1) is 0 Å². The summed E-state index contributed by atoms with van der Waals surface area (Å²) in [6.07, 6.45) is 2.48.